The molecular weight excluding hydrogens is 356 g/mol. The summed E-state index contributed by atoms with van der Waals surface area (Å²) in [5.74, 6) is 1.84. The highest BCUT2D eigenvalue weighted by atomic mass is 16.5. The number of benzene rings is 1. The lowest BCUT2D eigenvalue weighted by molar-refractivity contribution is 0.146. The van der Waals surface area contributed by atoms with Crippen molar-refractivity contribution in [2.75, 3.05) is 26.9 Å². The van der Waals surface area contributed by atoms with E-state index in [1.807, 2.05) is 12.1 Å². The molecule has 1 atom stereocenters. The van der Waals surface area contributed by atoms with Crippen LogP contribution in [0.15, 0.2) is 53.2 Å². The zero-order valence-corrected chi connectivity index (χ0v) is 16.0. The van der Waals surface area contributed by atoms with Crippen LogP contribution in [0.25, 0.3) is 11.5 Å². The van der Waals surface area contributed by atoms with Gasteiger partial charge in [0.1, 0.15) is 18.1 Å². The molecule has 1 fully saturated rings. The van der Waals surface area contributed by atoms with E-state index in [0.29, 0.717) is 36.4 Å². The first-order chi connectivity index (χ1) is 13.8. The Bertz CT molecular complexity index is 884. The third-order valence-electron chi connectivity index (χ3n) is 4.84. The molecule has 2 aromatic heterocycles. The topological polar surface area (TPSA) is 73.5 Å². The Labute approximate surface area is 164 Å². The maximum Gasteiger partial charge on any atom is 0.244 e. The Kier molecular flexibility index (Phi) is 5.94. The van der Waals surface area contributed by atoms with Gasteiger partial charge in [0.25, 0.3) is 0 Å². The molecule has 28 heavy (non-hydrogen) atoms. The molecule has 7 nitrogen and oxygen atoms in total. The molecule has 0 spiro atoms. The molecule has 1 saturated heterocycles. The molecule has 146 valence electrons. The van der Waals surface area contributed by atoms with E-state index in [4.69, 9.17) is 14.0 Å². The van der Waals surface area contributed by atoms with Crippen LogP contribution in [0.1, 0.15) is 30.3 Å². The van der Waals surface area contributed by atoms with Crippen LogP contribution in [0.5, 0.6) is 5.75 Å². The van der Waals surface area contributed by atoms with Crippen molar-refractivity contribution < 1.29 is 14.0 Å². The lowest BCUT2D eigenvalue weighted by Crippen LogP contribution is -2.22. The molecule has 7 heteroatoms. The molecule has 0 saturated carbocycles. The van der Waals surface area contributed by atoms with E-state index >= 15 is 0 Å². The Balaban J connectivity index is 1.47. The summed E-state index contributed by atoms with van der Waals surface area (Å²) < 4.78 is 16.3. The standard InChI is InChI=1S/C21H24N4O3/c1-26-12-13-27-17-9-10-22-18(14-17)20-23-21(28-24-20)19-8-5-11-25(19)15-16-6-3-2-4-7-16/h2-4,6-7,9-10,14,19H,5,8,11-13,15H2,1H3/t19-/m0/s1. The third-order valence-corrected chi connectivity index (χ3v) is 4.84. The molecular formula is C21H24N4O3. The van der Waals surface area contributed by atoms with Gasteiger partial charge in [0, 0.05) is 25.9 Å². The summed E-state index contributed by atoms with van der Waals surface area (Å²) in [6, 6.07) is 14.2. The number of pyridine rings is 1. The second-order valence-electron chi connectivity index (χ2n) is 6.79. The zero-order valence-electron chi connectivity index (χ0n) is 16.0. The van der Waals surface area contributed by atoms with Crippen LogP contribution in [-0.2, 0) is 11.3 Å². The van der Waals surface area contributed by atoms with E-state index in [9.17, 15) is 0 Å². The molecule has 4 rings (SSSR count). The number of likely N-dealkylation sites (tertiary alicyclic amines) is 1. The normalized spacial score (nSPS) is 17.1. The highest BCUT2D eigenvalue weighted by molar-refractivity contribution is 5.50. The molecule has 0 bridgehead atoms. The molecule has 1 aromatic carbocycles. The molecule has 1 aliphatic heterocycles. The fourth-order valence-electron chi connectivity index (χ4n) is 3.45. The zero-order chi connectivity index (χ0) is 19.2. The van der Waals surface area contributed by atoms with Gasteiger partial charge in [-0.05, 0) is 31.0 Å². The molecule has 1 aliphatic rings. The van der Waals surface area contributed by atoms with E-state index in [1.165, 1.54) is 5.56 Å². The predicted molar refractivity (Wildman–Crippen MR) is 104 cm³/mol. The molecule has 0 N–H and O–H groups in total. The molecule has 3 heterocycles. The molecule has 0 unspecified atom stereocenters. The van der Waals surface area contributed by atoms with Gasteiger partial charge < -0.3 is 14.0 Å². The van der Waals surface area contributed by atoms with Gasteiger partial charge in [0.05, 0.1) is 12.6 Å². The number of nitrogens with zero attached hydrogens (tertiary/aromatic N) is 4. The van der Waals surface area contributed by atoms with Gasteiger partial charge >= 0.3 is 0 Å². The van der Waals surface area contributed by atoms with Crippen LogP contribution in [0, 0.1) is 0 Å². The average Bonchev–Trinajstić information content (AvgIpc) is 3.39. The maximum absolute atomic E-state index is 5.64. The van der Waals surface area contributed by atoms with E-state index in [-0.39, 0.29) is 6.04 Å². The van der Waals surface area contributed by atoms with Crippen molar-refractivity contribution in [3.8, 4) is 17.3 Å². The number of methoxy groups -OCH3 is 1. The fourth-order valence-corrected chi connectivity index (χ4v) is 3.45. The van der Waals surface area contributed by atoms with Gasteiger partial charge in [-0.3, -0.25) is 9.88 Å². The van der Waals surface area contributed by atoms with E-state index in [0.717, 1.165) is 25.9 Å². The van der Waals surface area contributed by atoms with Crippen molar-refractivity contribution in [1.29, 1.82) is 0 Å². The highest BCUT2D eigenvalue weighted by Crippen LogP contribution is 2.33. The first-order valence-corrected chi connectivity index (χ1v) is 9.53. The van der Waals surface area contributed by atoms with Crippen LogP contribution in [0.2, 0.25) is 0 Å². The largest absolute Gasteiger partial charge is 0.491 e. The highest BCUT2D eigenvalue weighted by Gasteiger charge is 2.31. The SMILES string of the molecule is COCCOc1ccnc(-c2noc([C@@H]3CCCN3Cc3ccccc3)n2)c1. The summed E-state index contributed by atoms with van der Waals surface area (Å²) in [5.41, 5.74) is 1.93. The number of hydrogen-bond donors (Lipinski definition) is 0. The molecule has 0 radical (unpaired) electrons. The Morgan fingerprint density at radius 3 is 2.93 bits per heavy atom. The minimum atomic E-state index is 0.141. The summed E-state index contributed by atoms with van der Waals surface area (Å²) in [6.07, 6.45) is 3.82. The van der Waals surface area contributed by atoms with Gasteiger partial charge in [-0.2, -0.15) is 4.98 Å². The van der Waals surface area contributed by atoms with Crippen molar-refractivity contribution >= 4 is 0 Å². The average molecular weight is 380 g/mol. The minimum Gasteiger partial charge on any atom is -0.491 e. The lowest BCUT2D eigenvalue weighted by atomic mass is 10.2. The van der Waals surface area contributed by atoms with Crippen LogP contribution < -0.4 is 4.74 Å². The number of rotatable bonds is 8. The number of aromatic nitrogens is 3. The van der Waals surface area contributed by atoms with Crippen LogP contribution >= 0.6 is 0 Å². The van der Waals surface area contributed by atoms with Crippen LogP contribution in [0.3, 0.4) is 0 Å². The second-order valence-corrected chi connectivity index (χ2v) is 6.79. The van der Waals surface area contributed by atoms with Gasteiger partial charge in [0.2, 0.25) is 11.7 Å². The lowest BCUT2D eigenvalue weighted by Gasteiger charge is -2.21. The summed E-state index contributed by atoms with van der Waals surface area (Å²) in [5, 5.41) is 4.15. The van der Waals surface area contributed by atoms with Gasteiger partial charge in [-0.25, -0.2) is 0 Å². The van der Waals surface area contributed by atoms with Crippen LogP contribution in [0.4, 0.5) is 0 Å². The van der Waals surface area contributed by atoms with Crippen molar-refractivity contribution in [2.24, 2.45) is 0 Å². The Hall–Kier alpha value is -2.77. The van der Waals surface area contributed by atoms with Crippen molar-refractivity contribution in [3.05, 3.63) is 60.1 Å². The van der Waals surface area contributed by atoms with Crippen molar-refractivity contribution in [2.45, 2.75) is 25.4 Å². The van der Waals surface area contributed by atoms with E-state index in [1.54, 1.807) is 19.4 Å². The van der Waals surface area contributed by atoms with E-state index in [2.05, 4.69) is 44.3 Å². The predicted octanol–water partition coefficient (Wildman–Crippen LogP) is 3.49. The summed E-state index contributed by atoms with van der Waals surface area (Å²) >= 11 is 0. The van der Waals surface area contributed by atoms with E-state index < -0.39 is 0 Å². The summed E-state index contributed by atoms with van der Waals surface area (Å²) in [7, 11) is 1.65. The third kappa shape index (κ3) is 4.37. The Morgan fingerprint density at radius 2 is 2.07 bits per heavy atom. The van der Waals surface area contributed by atoms with Crippen molar-refractivity contribution in [3.63, 3.8) is 0 Å². The Morgan fingerprint density at radius 1 is 1.18 bits per heavy atom. The maximum atomic E-state index is 5.64. The van der Waals surface area contributed by atoms with Gasteiger partial charge in [-0.1, -0.05) is 35.5 Å². The van der Waals surface area contributed by atoms with Crippen LogP contribution in [-0.4, -0.2) is 46.9 Å². The first kappa shape index (κ1) is 18.6. The number of ether oxygens (including phenoxy) is 2. The van der Waals surface area contributed by atoms with Crippen molar-refractivity contribution in [1.82, 2.24) is 20.0 Å². The summed E-state index contributed by atoms with van der Waals surface area (Å²) in [4.78, 5) is 11.4. The molecule has 0 aliphatic carbocycles. The van der Waals surface area contributed by atoms with Gasteiger partial charge in [-0.15, -0.1) is 0 Å². The monoisotopic (exact) mass is 380 g/mol. The second kappa shape index (κ2) is 8.95. The quantitative estimate of drug-likeness (QED) is 0.554. The molecule has 3 aromatic rings. The fraction of sp³-hybridized carbons (Fsp3) is 0.381. The molecule has 0 amide bonds. The number of hydrogen-bond acceptors (Lipinski definition) is 7. The smallest absolute Gasteiger partial charge is 0.244 e. The first-order valence-electron chi connectivity index (χ1n) is 9.53. The summed E-state index contributed by atoms with van der Waals surface area (Å²) in [6.45, 7) is 2.92. The van der Waals surface area contributed by atoms with Gasteiger partial charge in [0.15, 0.2) is 0 Å². The minimum absolute atomic E-state index is 0.141.